The second-order valence-electron chi connectivity index (χ2n) is 5.51. The first-order valence-electron chi connectivity index (χ1n) is 8.74. The highest BCUT2D eigenvalue weighted by molar-refractivity contribution is 4.55. The van der Waals surface area contributed by atoms with Gasteiger partial charge in [-0.2, -0.15) is 0 Å². The molecule has 4 heteroatoms. The SMILES string of the molecule is CCCCCCCCCCNCCNCCNCCN. The van der Waals surface area contributed by atoms with Crippen LogP contribution in [0.5, 0.6) is 0 Å². The third kappa shape index (κ3) is 17.8. The first-order chi connectivity index (χ1) is 9.91. The summed E-state index contributed by atoms with van der Waals surface area (Å²) in [6.45, 7) is 9.25. The fourth-order valence-corrected chi connectivity index (χ4v) is 2.21. The maximum Gasteiger partial charge on any atom is 0.00772 e. The number of unbranched alkanes of at least 4 members (excludes halogenated alkanes) is 7. The Balaban J connectivity index is 2.89. The lowest BCUT2D eigenvalue weighted by Crippen LogP contribution is -2.34. The number of nitrogens with one attached hydrogen (secondary N) is 3. The Morgan fingerprint density at radius 1 is 0.550 bits per heavy atom. The Hall–Kier alpha value is -0.160. The quantitative estimate of drug-likeness (QED) is 0.308. The molecule has 0 amide bonds. The Kier molecular flexibility index (Phi) is 18.7. The Morgan fingerprint density at radius 3 is 1.55 bits per heavy atom. The van der Waals surface area contributed by atoms with E-state index in [2.05, 4.69) is 22.9 Å². The fraction of sp³-hybridized carbons (Fsp3) is 1.00. The molecule has 0 saturated carbocycles. The van der Waals surface area contributed by atoms with Crippen molar-refractivity contribution in [3.63, 3.8) is 0 Å². The lowest BCUT2D eigenvalue weighted by molar-refractivity contribution is 0.543. The van der Waals surface area contributed by atoms with Crippen molar-refractivity contribution < 1.29 is 0 Å². The lowest BCUT2D eigenvalue weighted by Gasteiger charge is -2.07. The first kappa shape index (κ1) is 19.8. The summed E-state index contributed by atoms with van der Waals surface area (Å²) in [5.74, 6) is 0. The molecule has 0 bridgehead atoms. The van der Waals surface area contributed by atoms with Gasteiger partial charge in [0.1, 0.15) is 0 Å². The molecule has 0 unspecified atom stereocenters. The van der Waals surface area contributed by atoms with Crippen LogP contribution in [0.1, 0.15) is 58.3 Å². The minimum absolute atomic E-state index is 0.722. The highest BCUT2D eigenvalue weighted by Gasteiger charge is 1.92. The van der Waals surface area contributed by atoms with E-state index in [0.717, 1.165) is 39.3 Å². The fourth-order valence-electron chi connectivity index (χ4n) is 2.21. The molecule has 0 spiro atoms. The van der Waals surface area contributed by atoms with Crippen LogP contribution in [-0.4, -0.2) is 45.8 Å². The van der Waals surface area contributed by atoms with E-state index < -0.39 is 0 Å². The van der Waals surface area contributed by atoms with E-state index in [9.17, 15) is 0 Å². The molecule has 0 aliphatic rings. The van der Waals surface area contributed by atoms with Crippen LogP contribution in [0.3, 0.4) is 0 Å². The van der Waals surface area contributed by atoms with Gasteiger partial charge in [-0.1, -0.05) is 51.9 Å². The van der Waals surface area contributed by atoms with E-state index in [0.29, 0.717) is 0 Å². The molecule has 0 fully saturated rings. The molecule has 0 aliphatic heterocycles. The molecule has 0 aromatic heterocycles. The lowest BCUT2D eigenvalue weighted by atomic mass is 10.1. The average molecular weight is 287 g/mol. The summed E-state index contributed by atoms with van der Waals surface area (Å²) in [6, 6.07) is 0. The molecule has 0 atom stereocenters. The van der Waals surface area contributed by atoms with Crippen molar-refractivity contribution in [1.29, 1.82) is 0 Å². The van der Waals surface area contributed by atoms with Gasteiger partial charge in [0.25, 0.3) is 0 Å². The summed E-state index contributed by atoms with van der Waals surface area (Å²) in [5.41, 5.74) is 5.40. The molecular weight excluding hydrogens is 248 g/mol. The van der Waals surface area contributed by atoms with Gasteiger partial charge in [0.05, 0.1) is 0 Å². The van der Waals surface area contributed by atoms with Crippen LogP contribution in [0.25, 0.3) is 0 Å². The van der Waals surface area contributed by atoms with Crippen LogP contribution in [0.4, 0.5) is 0 Å². The molecular formula is C16H38N4. The van der Waals surface area contributed by atoms with E-state index in [1.165, 1.54) is 57.9 Å². The van der Waals surface area contributed by atoms with Gasteiger partial charge >= 0.3 is 0 Å². The Morgan fingerprint density at radius 2 is 1.00 bits per heavy atom. The molecule has 0 aromatic carbocycles. The van der Waals surface area contributed by atoms with Gasteiger partial charge in [0, 0.05) is 39.3 Å². The zero-order valence-electron chi connectivity index (χ0n) is 13.7. The highest BCUT2D eigenvalue weighted by Crippen LogP contribution is 2.07. The predicted molar refractivity (Wildman–Crippen MR) is 90.3 cm³/mol. The van der Waals surface area contributed by atoms with Crippen LogP contribution in [-0.2, 0) is 0 Å². The van der Waals surface area contributed by atoms with Gasteiger partial charge < -0.3 is 21.7 Å². The van der Waals surface area contributed by atoms with Crippen molar-refractivity contribution >= 4 is 0 Å². The minimum atomic E-state index is 0.722. The first-order valence-corrected chi connectivity index (χ1v) is 8.74. The predicted octanol–water partition coefficient (Wildman–Crippen LogP) is 1.85. The van der Waals surface area contributed by atoms with Gasteiger partial charge in [-0.15, -0.1) is 0 Å². The van der Waals surface area contributed by atoms with E-state index in [1.54, 1.807) is 0 Å². The van der Waals surface area contributed by atoms with Crippen molar-refractivity contribution in [2.45, 2.75) is 58.3 Å². The summed E-state index contributed by atoms with van der Waals surface area (Å²) in [7, 11) is 0. The molecule has 0 radical (unpaired) electrons. The second kappa shape index (κ2) is 18.8. The highest BCUT2D eigenvalue weighted by atomic mass is 15.0. The summed E-state index contributed by atoms with van der Waals surface area (Å²) < 4.78 is 0. The van der Waals surface area contributed by atoms with Gasteiger partial charge in [-0.05, 0) is 13.0 Å². The van der Waals surface area contributed by atoms with Crippen molar-refractivity contribution in [1.82, 2.24) is 16.0 Å². The molecule has 0 saturated heterocycles. The van der Waals surface area contributed by atoms with Crippen LogP contribution in [0.2, 0.25) is 0 Å². The normalized spacial score (nSPS) is 11.1. The standard InChI is InChI=1S/C16H38N4/c1-2-3-4-5-6-7-8-9-11-18-13-15-20-16-14-19-12-10-17/h18-20H,2-17H2,1H3. The molecule has 122 valence electrons. The number of hydrogen-bond donors (Lipinski definition) is 4. The van der Waals surface area contributed by atoms with Crippen LogP contribution < -0.4 is 21.7 Å². The zero-order valence-corrected chi connectivity index (χ0v) is 13.7. The van der Waals surface area contributed by atoms with E-state index in [-0.39, 0.29) is 0 Å². The van der Waals surface area contributed by atoms with Crippen LogP contribution >= 0.6 is 0 Å². The minimum Gasteiger partial charge on any atom is -0.329 e. The molecule has 0 rings (SSSR count). The van der Waals surface area contributed by atoms with Crippen LogP contribution in [0.15, 0.2) is 0 Å². The second-order valence-corrected chi connectivity index (χ2v) is 5.51. The van der Waals surface area contributed by atoms with E-state index in [4.69, 9.17) is 5.73 Å². The summed E-state index contributed by atoms with van der Waals surface area (Å²) in [6.07, 6.45) is 11.2. The molecule has 20 heavy (non-hydrogen) atoms. The van der Waals surface area contributed by atoms with Gasteiger partial charge in [0.2, 0.25) is 0 Å². The molecule has 0 aromatic rings. The molecule has 0 heterocycles. The van der Waals surface area contributed by atoms with E-state index in [1.807, 2.05) is 0 Å². The average Bonchev–Trinajstić information content (AvgIpc) is 2.47. The van der Waals surface area contributed by atoms with Crippen molar-refractivity contribution in [3.8, 4) is 0 Å². The number of nitrogens with two attached hydrogens (primary N) is 1. The third-order valence-corrected chi connectivity index (χ3v) is 3.49. The maximum absolute atomic E-state index is 5.40. The third-order valence-electron chi connectivity index (χ3n) is 3.49. The Labute approximate surface area is 126 Å². The summed E-state index contributed by atoms with van der Waals surface area (Å²) in [5, 5.41) is 10.2. The maximum atomic E-state index is 5.40. The van der Waals surface area contributed by atoms with Crippen LogP contribution in [0, 0.1) is 0 Å². The van der Waals surface area contributed by atoms with Gasteiger partial charge in [-0.3, -0.25) is 0 Å². The topological polar surface area (TPSA) is 62.1 Å². The largest absolute Gasteiger partial charge is 0.329 e. The Bertz CT molecular complexity index is 147. The van der Waals surface area contributed by atoms with Gasteiger partial charge in [0.15, 0.2) is 0 Å². The summed E-state index contributed by atoms with van der Waals surface area (Å²) >= 11 is 0. The smallest absolute Gasteiger partial charge is 0.00772 e. The number of rotatable bonds is 17. The van der Waals surface area contributed by atoms with Crippen molar-refractivity contribution in [2.75, 3.05) is 45.8 Å². The molecule has 4 nitrogen and oxygen atoms in total. The molecule has 5 N–H and O–H groups in total. The van der Waals surface area contributed by atoms with Crippen molar-refractivity contribution in [2.24, 2.45) is 5.73 Å². The van der Waals surface area contributed by atoms with Gasteiger partial charge in [-0.25, -0.2) is 0 Å². The number of hydrogen-bond acceptors (Lipinski definition) is 4. The monoisotopic (exact) mass is 286 g/mol. The summed E-state index contributed by atoms with van der Waals surface area (Å²) in [4.78, 5) is 0. The van der Waals surface area contributed by atoms with Crippen molar-refractivity contribution in [3.05, 3.63) is 0 Å². The van der Waals surface area contributed by atoms with E-state index >= 15 is 0 Å². The zero-order chi connectivity index (χ0) is 14.7. The molecule has 0 aliphatic carbocycles.